The molecule has 0 fully saturated rings. The lowest BCUT2D eigenvalue weighted by Crippen LogP contribution is -2.23. The Morgan fingerprint density at radius 1 is 1.41 bits per heavy atom. The van der Waals surface area contributed by atoms with Crippen molar-refractivity contribution in [1.29, 1.82) is 0 Å². The normalized spacial score (nSPS) is 14.6. The Morgan fingerprint density at radius 2 is 2.29 bits per heavy atom. The summed E-state index contributed by atoms with van der Waals surface area (Å²) in [7, 11) is 0. The molecule has 0 saturated heterocycles. The summed E-state index contributed by atoms with van der Waals surface area (Å²) in [5.41, 5.74) is 9.39. The van der Waals surface area contributed by atoms with Gasteiger partial charge < -0.3 is 11.1 Å². The fraction of sp³-hybridized carbons (Fsp3) is 0.250. The summed E-state index contributed by atoms with van der Waals surface area (Å²) in [5.74, 6) is 0.741. The molecule has 1 aliphatic heterocycles. The van der Waals surface area contributed by atoms with Crippen LogP contribution in [0.25, 0.3) is 5.69 Å². The summed E-state index contributed by atoms with van der Waals surface area (Å²) in [6.07, 6.45) is 0.945. The van der Waals surface area contributed by atoms with E-state index in [0.29, 0.717) is 0 Å². The van der Waals surface area contributed by atoms with Gasteiger partial charge in [-0.1, -0.05) is 22.0 Å². The molecule has 0 radical (unpaired) electrons. The van der Waals surface area contributed by atoms with Crippen LogP contribution in [0.15, 0.2) is 28.7 Å². The number of hydrogen-bond acceptors (Lipinski definition) is 3. The molecule has 3 N–H and O–H groups in total. The molecule has 1 aromatic carbocycles. The van der Waals surface area contributed by atoms with E-state index in [1.165, 1.54) is 0 Å². The zero-order valence-electron chi connectivity index (χ0n) is 9.28. The highest BCUT2D eigenvalue weighted by Gasteiger charge is 2.18. The van der Waals surface area contributed by atoms with Gasteiger partial charge in [-0.15, -0.1) is 0 Å². The molecule has 2 aromatic rings. The predicted octanol–water partition coefficient (Wildman–Crippen LogP) is 1.86. The predicted molar refractivity (Wildman–Crippen MR) is 71.1 cm³/mol. The van der Waals surface area contributed by atoms with E-state index in [9.17, 15) is 0 Å². The molecule has 0 saturated carbocycles. The fourth-order valence-corrected chi connectivity index (χ4v) is 2.52. The standard InChI is InChI=1S/C12H13BrN4/c13-8-2-1-3-9(6-8)17-12(14)10-7-15-5-4-11(10)16-17/h1-3,6,15H,4-5,7,14H2. The number of nitrogens with two attached hydrogens (primary N) is 1. The number of rotatable bonds is 1. The highest BCUT2D eigenvalue weighted by Crippen LogP contribution is 2.24. The molecule has 88 valence electrons. The van der Waals surface area contributed by atoms with Crippen molar-refractivity contribution < 1.29 is 0 Å². The molecule has 0 aliphatic carbocycles. The second-order valence-electron chi connectivity index (χ2n) is 4.13. The first kappa shape index (κ1) is 10.8. The van der Waals surface area contributed by atoms with Crippen LogP contribution in [0.4, 0.5) is 5.82 Å². The molecule has 17 heavy (non-hydrogen) atoms. The van der Waals surface area contributed by atoms with Gasteiger partial charge in [0.1, 0.15) is 5.82 Å². The average Bonchev–Trinajstić information content (AvgIpc) is 2.68. The third-order valence-corrected chi connectivity index (χ3v) is 3.49. The van der Waals surface area contributed by atoms with Gasteiger partial charge in [0.25, 0.3) is 0 Å². The van der Waals surface area contributed by atoms with Crippen molar-refractivity contribution in [2.24, 2.45) is 0 Å². The first-order valence-corrected chi connectivity index (χ1v) is 6.38. The van der Waals surface area contributed by atoms with Crippen LogP contribution in [0.2, 0.25) is 0 Å². The summed E-state index contributed by atoms with van der Waals surface area (Å²) in [6, 6.07) is 8.00. The van der Waals surface area contributed by atoms with E-state index in [-0.39, 0.29) is 0 Å². The van der Waals surface area contributed by atoms with Gasteiger partial charge in [0.15, 0.2) is 0 Å². The van der Waals surface area contributed by atoms with Crippen LogP contribution in [0.3, 0.4) is 0 Å². The quantitative estimate of drug-likeness (QED) is 0.844. The Kier molecular flexibility index (Phi) is 2.64. The molecule has 0 bridgehead atoms. The molecule has 0 atom stereocenters. The number of aromatic nitrogens is 2. The Morgan fingerprint density at radius 3 is 3.06 bits per heavy atom. The van der Waals surface area contributed by atoms with Gasteiger partial charge in [-0.3, -0.25) is 0 Å². The lowest BCUT2D eigenvalue weighted by Gasteiger charge is -2.10. The Labute approximate surface area is 108 Å². The minimum absolute atomic E-state index is 0.741. The highest BCUT2D eigenvalue weighted by atomic mass is 79.9. The average molecular weight is 293 g/mol. The summed E-state index contributed by atoms with van der Waals surface area (Å²) >= 11 is 3.46. The summed E-state index contributed by atoms with van der Waals surface area (Å²) in [4.78, 5) is 0. The minimum atomic E-state index is 0.741. The van der Waals surface area contributed by atoms with Crippen LogP contribution in [-0.4, -0.2) is 16.3 Å². The molecule has 0 spiro atoms. The second kappa shape index (κ2) is 4.16. The number of anilines is 1. The Bertz CT molecular complexity index is 562. The van der Waals surface area contributed by atoms with Crippen LogP contribution in [-0.2, 0) is 13.0 Å². The molecule has 0 unspecified atom stereocenters. The largest absolute Gasteiger partial charge is 0.383 e. The number of benzene rings is 1. The first-order chi connectivity index (χ1) is 8.25. The SMILES string of the molecule is Nc1c2c(nn1-c1cccc(Br)c1)CCNC2. The van der Waals surface area contributed by atoms with Crippen LogP contribution in [0.5, 0.6) is 0 Å². The number of nitrogens with zero attached hydrogens (tertiary/aromatic N) is 2. The van der Waals surface area contributed by atoms with Crippen molar-refractivity contribution >= 4 is 21.7 Å². The molecular formula is C12H13BrN4. The number of nitrogens with one attached hydrogen (secondary N) is 1. The van der Waals surface area contributed by atoms with E-state index in [0.717, 1.165) is 46.7 Å². The second-order valence-corrected chi connectivity index (χ2v) is 5.04. The van der Waals surface area contributed by atoms with Gasteiger partial charge in [0.05, 0.1) is 11.4 Å². The van der Waals surface area contributed by atoms with E-state index in [1.54, 1.807) is 0 Å². The van der Waals surface area contributed by atoms with Gasteiger partial charge in [-0.25, -0.2) is 4.68 Å². The molecule has 3 rings (SSSR count). The van der Waals surface area contributed by atoms with Crippen molar-refractivity contribution in [1.82, 2.24) is 15.1 Å². The van der Waals surface area contributed by atoms with Gasteiger partial charge in [-0.05, 0) is 18.2 Å². The first-order valence-electron chi connectivity index (χ1n) is 5.58. The monoisotopic (exact) mass is 292 g/mol. The topological polar surface area (TPSA) is 55.9 Å². The molecule has 4 nitrogen and oxygen atoms in total. The summed E-state index contributed by atoms with van der Waals surface area (Å²) in [6.45, 7) is 1.79. The lowest BCUT2D eigenvalue weighted by atomic mass is 10.1. The number of nitrogen functional groups attached to an aromatic ring is 1. The molecule has 0 amide bonds. The van der Waals surface area contributed by atoms with Gasteiger partial charge in [0, 0.05) is 29.5 Å². The zero-order valence-corrected chi connectivity index (χ0v) is 10.9. The minimum Gasteiger partial charge on any atom is -0.383 e. The van der Waals surface area contributed by atoms with Gasteiger partial charge in [-0.2, -0.15) is 5.10 Å². The van der Waals surface area contributed by atoms with Crippen molar-refractivity contribution in [2.75, 3.05) is 12.3 Å². The van der Waals surface area contributed by atoms with E-state index in [2.05, 4.69) is 26.3 Å². The molecular weight excluding hydrogens is 280 g/mol. The maximum Gasteiger partial charge on any atom is 0.132 e. The van der Waals surface area contributed by atoms with Crippen molar-refractivity contribution in [3.63, 3.8) is 0 Å². The number of hydrogen-bond donors (Lipinski definition) is 2. The van der Waals surface area contributed by atoms with Gasteiger partial charge in [0.2, 0.25) is 0 Å². The zero-order chi connectivity index (χ0) is 11.8. The van der Waals surface area contributed by atoms with Crippen molar-refractivity contribution in [3.8, 4) is 5.69 Å². The molecule has 1 aliphatic rings. The molecule has 2 heterocycles. The van der Waals surface area contributed by atoms with E-state index >= 15 is 0 Å². The maximum atomic E-state index is 6.15. The van der Waals surface area contributed by atoms with E-state index < -0.39 is 0 Å². The smallest absolute Gasteiger partial charge is 0.132 e. The summed E-state index contributed by atoms with van der Waals surface area (Å²) < 4.78 is 2.85. The fourth-order valence-electron chi connectivity index (χ4n) is 2.13. The van der Waals surface area contributed by atoms with Gasteiger partial charge >= 0.3 is 0 Å². The molecule has 1 aromatic heterocycles. The number of fused-ring (bicyclic) bond motifs is 1. The van der Waals surface area contributed by atoms with Crippen molar-refractivity contribution in [2.45, 2.75) is 13.0 Å². The van der Waals surface area contributed by atoms with Crippen LogP contribution < -0.4 is 11.1 Å². The number of halogens is 1. The Balaban J connectivity index is 2.12. The maximum absolute atomic E-state index is 6.15. The molecule has 5 heteroatoms. The van der Waals surface area contributed by atoms with Crippen LogP contribution >= 0.6 is 15.9 Å². The van der Waals surface area contributed by atoms with E-state index in [1.807, 2.05) is 28.9 Å². The van der Waals surface area contributed by atoms with Crippen molar-refractivity contribution in [3.05, 3.63) is 40.0 Å². The summed E-state index contributed by atoms with van der Waals surface area (Å²) in [5, 5.41) is 7.91. The third kappa shape index (κ3) is 1.85. The van der Waals surface area contributed by atoms with Crippen LogP contribution in [0, 0.1) is 0 Å². The lowest BCUT2D eigenvalue weighted by molar-refractivity contribution is 0.636. The Hall–Kier alpha value is -1.33. The van der Waals surface area contributed by atoms with E-state index in [4.69, 9.17) is 5.73 Å². The highest BCUT2D eigenvalue weighted by molar-refractivity contribution is 9.10. The van der Waals surface area contributed by atoms with Crippen LogP contribution in [0.1, 0.15) is 11.3 Å². The third-order valence-electron chi connectivity index (χ3n) is 3.00.